The predicted octanol–water partition coefficient (Wildman–Crippen LogP) is 4.90. The third-order valence-electron chi connectivity index (χ3n) is 9.85. The Morgan fingerprint density at radius 3 is 2.51 bits per heavy atom. The van der Waals surface area contributed by atoms with E-state index in [0.29, 0.717) is 35.4 Å². The molecule has 1 N–H and O–H groups in total. The van der Waals surface area contributed by atoms with Crippen molar-refractivity contribution < 1.29 is 28.6 Å². The monoisotopic (exact) mass is 640 g/mol. The van der Waals surface area contributed by atoms with E-state index in [1.807, 2.05) is 61.5 Å². The van der Waals surface area contributed by atoms with E-state index in [4.69, 9.17) is 19.2 Å². The van der Waals surface area contributed by atoms with Crippen molar-refractivity contribution in [1.29, 1.82) is 0 Å². The lowest BCUT2D eigenvalue weighted by Crippen LogP contribution is -2.64. The molecule has 0 spiro atoms. The molecule has 2 aromatic carbocycles. The number of benzene rings is 2. The van der Waals surface area contributed by atoms with Crippen molar-refractivity contribution >= 4 is 28.7 Å². The van der Waals surface area contributed by atoms with E-state index >= 15 is 0 Å². The summed E-state index contributed by atoms with van der Waals surface area (Å²) in [6, 6.07) is 16.2. The van der Waals surface area contributed by atoms with Crippen LogP contribution in [-0.2, 0) is 19.1 Å². The van der Waals surface area contributed by atoms with Gasteiger partial charge in [-0.15, -0.1) is 0 Å². The molecule has 47 heavy (non-hydrogen) atoms. The number of esters is 1. The molecule has 248 valence electrons. The first-order chi connectivity index (χ1) is 22.7. The minimum atomic E-state index is -1.27. The van der Waals surface area contributed by atoms with Crippen molar-refractivity contribution in [3.63, 3.8) is 0 Å². The third kappa shape index (κ3) is 6.43. The highest BCUT2D eigenvalue weighted by Crippen LogP contribution is 2.39. The van der Waals surface area contributed by atoms with Crippen LogP contribution in [0.15, 0.2) is 66.7 Å². The second-order valence-electron chi connectivity index (χ2n) is 12.7. The number of likely N-dealkylation sites (tertiary alicyclic amines) is 2. The summed E-state index contributed by atoms with van der Waals surface area (Å²) in [6.07, 6.45) is 4.05. The molecule has 1 aliphatic carbocycles. The molecule has 6 rings (SSSR count). The first-order valence-electron chi connectivity index (χ1n) is 16.7. The van der Waals surface area contributed by atoms with Crippen LogP contribution in [0.25, 0.3) is 22.2 Å². The van der Waals surface area contributed by atoms with Crippen molar-refractivity contribution in [2.24, 2.45) is 0 Å². The summed E-state index contributed by atoms with van der Waals surface area (Å²) in [4.78, 5) is 50.0. The van der Waals surface area contributed by atoms with Crippen LogP contribution in [0.1, 0.15) is 52.4 Å². The molecule has 0 bridgehead atoms. The Morgan fingerprint density at radius 1 is 1.09 bits per heavy atom. The number of nitrogens with zero attached hydrogens (tertiary/aromatic N) is 3. The van der Waals surface area contributed by atoms with E-state index in [9.17, 15) is 14.4 Å². The Balaban J connectivity index is 1.32. The molecule has 2 aliphatic heterocycles. The summed E-state index contributed by atoms with van der Waals surface area (Å²) >= 11 is 0. The fourth-order valence-electron chi connectivity index (χ4n) is 6.96. The van der Waals surface area contributed by atoms with Gasteiger partial charge in [-0.05, 0) is 70.3 Å². The Bertz CT molecular complexity index is 1660. The van der Waals surface area contributed by atoms with E-state index in [1.54, 1.807) is 18.9 Å². The number of fused-ring (bicyclic) bond motifs is 1. The van der Waals surface area contributed by atoms with Crippen LogP contribution in [0.4, 0.5) is 0 Å². The van der Waals surface area contributed by atoms with Crippen molar-refractivity contribution in [2.45, 2.75) is 76.1 Å². The smallest absolute Gasteiger partial charge is 0.336 e. The van der Waals surface area contributed by atoms with Gasteiger partial charge in [0.15, 0.2) is 5.54 Å². The second-order valence-corrected chi connectivity index (χ2v) is 12.7. The quantitative estimate of drug-likeness (QED) is 0.246. The molecule has 1 aromatic heterocycles. The summed E-state index contributed by atoms with van der Waals surface area (Å²) in [5.74, 6) is 0.246. The molecule has 10 nitrogen and oxygen atoms in total. The number of hydrogen-bond acceptors (Lipinski definition) is 8. The summed E-state index contributed by atoms with van der Waals surface area (Å²) in [5, 5.41) is 3.76. The van der Waals surface area contributed by atoms with Crippen LogP contribution in [-0.4, -0.2) is 89.6 Å². The van der Waals surface area contributed by atoms with Gasteiger partial charge in [0.25, 0.3) is 0 Å². The zero-order valence-electron chi connectivity index (χ0n) is 27.5. The molecule has 3 heterocycles. The maximum atomic E-state index is 14.1. The highest BCUT2D eigenvalue weighted by molar-refractivity contribution is 5.96. The molecule has 3 aromatic rings. The van der Waals surface area contributed by atoms with Gasteiger partial charge in [-0.2, -0.15) is 0 Å². The fourth-order valence-corrected chi connectivity index (χ4v) is 6.96. The van der Waals surface area contributed by atoms with Crippen LogP contribution < -0.4 is 14.8 Å². The van der Waals surface area contributed by atoms with Crippen molar-refractivity contribution in [1.82, 2.24) is 20.1 Å². The maximum Gasteiger partial charge on any atom is 0.336 e. The molecule has 3 fully saturated rings. The molecule has 0 radical (unpaired) electrons. The minimum absolute atomic E-state index is 0.120. The van der Waals surface area contributed by atoms with E-state index in [1.165, 1.54) is 0 Å². The van der Waals surface area contributed by atoms with Crippen LogP contribution in [0, 0.1) is 0 Å². The number of methoxy groups -OCH3 is 1. The van der Waals surface area contributed by atoms with Gasteiger partial charge in [0.2, 0.25) is 11.8 Å². The summed E-state index contributed by atoms with van der Waals surface area (Å²) < 4.78 is 17.5. The number of carbonyl (C=O) groups excluding carboxylic acids is 3. The predicted molar refractivity (Wildman–Crippen MR) is 179 cm³/mol. The maximum absolute atomic E-state index is 14.1. The number of pyridine rings is 1. The lowest BCUT2D eigenvalue weighted by atomic mass is 9.72. The molecule has 10 heteroatoms. The molecule has 2 saturated heterocycles. The zero-order chi connectivity index (χ0) is 33.1. The van der Waals surface area contributed by atoms with Crippen LogP contribution in [0.3, 0.4) is 0 Å². The number of carbonyl (C=O) groups is 3. The van der Waals surface area contributed by atoms with Crippen LogP contribution in [0.5, 0.6) is 11.5 Å². The largest absolute Gasteiger partial charge is 0.497 e. The number of piperidine rings is 1. The van der Waals surface area contributed by atoms with E-state index < -0.39 is 29.6 Å². The van der Waals surface area contributed by atoms with Gasteiger partial charge < -0.3 is 24.4 Å². The summed E-state index contributed by atoms with van der Waals surface area (Å²) in [7, 11) is 1.62. The molecule has 2 amide bonds. The topological polar surface area (TPSA) is 110 Å². The van der Waals surface area contributed by atoms with Crippen LogP contribution in [0.2, 0.25) is 0 Å². The van der Waals surface area contributed by atoms with Gasteiger partial charge in [0.1, 0.15) is 23.6 Å². The van der Waals surface area contributed by atoms with Crippen molar-refractivity contribution in [3.8, 4) is 22.8 Å². The SMILES string of the molecule is C=C1CCC1(NC(=O)[C@@H]1C[C@@H](Oc2cc(-c3ccccc3)nc3cc(OC)ccc23)CN1C(=O)[C@H](C)N1CCCCC1)C(=O)OCC. The van der Waals surface area contributed by atoms with E-state index in [0.717, 1.165) is 49.0 Å². The second kappa shape index (κ2) is 13.7. The molecule has 3 aliphatic rings. The highest BCUT2D eigenvalue weighted by Gasteiger charge is 2.53. The number of ether oxygens (including phenoxy) is 3. The van der Waals surface area contributed by atoms with E-state index in [-0.39, 0.29) is 31.5 Å². The number of aromatic nitrogens is 1. The van der Waals surface area contributed by atoms with Gasteiger partial charge >= 0.3 is 5.97 Å². The Kier molecular flexibility index (Phi) is 9.50. The van der Waals surface area contributed by atoms with E-state index in [2.05, 4.69) is 16.8 Å². The number of amides is 2. The summed E-state index contributed by atoms with van der Waals surface area (Å²) in [5.41, 5.74) is 1.72. The zero-order valence-corrected chi connectivity index (χ0v) is 27.5. The first kappa shape index (κ1) is 32.5. The fraction of sp³-hybridized carbons (Fsp3) is 0.459. The molecule has 1 unspecified atom stereocenters. The molecular formula is C37H44N4O6. The highest BCUT2D eigenvalue weighted by atomic mass is 16.5. The molecular weight excluding hydrogens is 596 g/mol. The average Bonchev–Trinajstić information content (AvgIpc) is 3.53. The standard InChI is InChI=1S/C37H44N4O6/c1-5-46-36(44)37(17-16-24(37)2)39-34(42)32-21-28(23-41(32)35(43)25(3)40-18-10-7-11-19-40)47-33-22-30(26-12-8-6-9-13-26)38-31-20-27(45-4)14-15-29(31)33/h6,8-9,12-15,20,22,25,28,32H,2,5,7,10-11,16-19,21,23H2,1,3-4H3,(H,39,42)/t25-,28+,32-,37?/m0/s1. The normalized spacial score (nSPS) is 23.6. The lowest BCUT2D eigenvalue weighted by Gasteiger charge is -2.43. The van der Waals surface area contributed by atoms with Crippen LogP contribution >= 0.6 is 0 Å². The summed E-state index contributed by atoms with van der Waals surface area (Å²) in [6.45, 7) is 9.80. The number of hydrogen-bond donors (Lipinski definition) is 1. The van der Waals surface area contributed by atoms with Gasteiger partial charge in [-0.25, -0.2) is 9.78 Å². The molecule has 4 atom stereocenters. The van der Waals surface area contributed by atoms with Gasteiger partial charge in [0, 0.05) is 29.5 Å². The van der Waals surface area contributed by atoms with Crippen molar-refractivity contribution in [2.75, 3.05) is 33.4 Å². The molecule has 1 saturated carbocycles. The minimum Gasteiger partial charge on any atom is -0.497 e. The first-order valence-corrected chi connectivity index (χ1v) is 16.7. The van der Waals surface area contributed by atoms with Crippen molar-refractivity contribution in [3.05, 3.63) is 66.7 Å². The number of nitrogens with one attached hydrogen (secondary N) is 1. The Hall–Kier alpha value is -4.44. The lowest BCUT2D eigenvalue weighted by molar-refractivity contribution is -0.155. The van der Waals surface area contributed by atoms with Gasteiger partial charge in [-0.3, -0.25) is 14.5 Å². The Morgan fingerprint density at radius 2 is 1.85 bits per heavy atom. The average molecular weight is 641 g/mol. The van der Waals surface area contributed by atoms with Gasteiger partial charge in [-0.1, -0.05) is 43.3 Å². The Labute approximate surface area is 276 Å². The van der Waals surface area contributed by atoms with Gasteiger partial charge in [0.05, 0.1) is 37.5 Å². The third-order valence-corrected chi connectivity index (χ3v) is 9.85. The number of rotatable bonds is 10.